The fraction of sp³-hybridized carbons (Fsp3) is 0.333. The summed E-state index contributed by atoms with van der Waals surface area (Å²) in [6, 6.07) is 1.81. The number of ether oxygens (including phenoxy) is 1. The second kappa shape index (κ2) is 6.24. The van der Waals surface area contributed by atoms with Crippen molar-refractivity contribution in [2.45, 2.75) is 20.4 Å². The van der Waals surface area contributed by atoms with Crippen LogP contribution in [0.1, 0.15) is 28.7 Å². The van der Waals surface area contributed by atoms with Crippen LogP contribution in [0.5, 0.6) is 0 Å². The number of nitrogens with zero attached hydrogens (tertiary/aromatic N) is 3. The van der Waals surface area contributed by atoms with Crippen LogP contribution in [-0.4, -0.2) is 26.9 Å². The maximum atomic E-state index is 11.8. The van der Waals surface area contributed by atoms with Gasteiger partial charge in [0.15, 0.2) is 0 Å². The molecule has 0 aromatic carbocycles. The number of carbonyl (C=O) groups is 1. The number of aryl methyl sites for hydroxylation is 1. The molecule has 0 saturated heterocycles. The van der Waals surface area contributed by atoms with E-state index in [1.54, 1.807) is 20.0 Å². The number of hydrogen-bond acceptors (Lipinski definition) is 7. The minimum absolute atomic E-state index is 0.347. The van der Waals surface area contributed by atoms with Gasteiger partial charge in [0.25, 0.3) is 0 Å². The van der Waals surface area contributed by atoms with Crippen LogP contribution in [0.2, 0.25) is 0 Å². The zero-order valence-corrected chi connectivity index (χ0v) is 11.5. The Balaban J connectivity index is 2.11. The van der Waals surface area contributed by atoms with E-state index in [9.17, 15) is 4.79 Å². The number of hydrogen-bond donors (Lipinski definition) is 1. The van der Waals surface area contributed by atoms with E-state index in [0.29, 0.717) is 29.4 Å². The Labute approximate surface area is 115 Å². The highest BCUT2D eigenvalue weighted by atomic mass is 32.1. The fourth-order valence-corrected chi connectivity index (χ4v) is 2.31. The molecule has 0 amide bonds. The number of carbonyl (C=O) groups excluding carboxylic acids is 1. The molecule has 2 rings (SSSR count). The van der Waals surface area contributed by atoms with Crippen LogP contribution in [0.4, 0.5) is 5.00 Å². The Morgan fingerprint density at radius 2 is 2.37 bits per heavy atom. The predicted octanol–water partition coefficient (Wildman–Crippen LogP) is 2.03. The van der Waals surface area contributed by atoms with Gasteiger partial charge in [-0.2, -0.15) is 4.37 Å². The zero-order valence-electron chi connectivity index (χ0n) is 10.7. The number of esters is 1. The Morgan fingerprint density at radius 1 is 1.53 bits per heavy atom. The Hall–Kier alpha value is -2.02. The monoisotopic (exact) mass is 278 g/mol. The van der Waals surface area contributed by atoms with Crippen molar-refractivity contribution in [3.05, 3.63) is 35.5 Å². The summed E-state index contributed by atoms with van der Waals surface area (Å²) in [5.41, 5.74) is 2.02. The summed E-state index contributed by atoms with van der Waals surface area (Å²) in [6.07, 6.45) is 3.16. The van der Waals surface area contributed by atoms with E-state index in [1.165, 1.54) is 17.9 Å². The lowest BCUT2D eigenvalue weighted by Crippen LogP contribution is -2.09. The van der Waals surface area contributed by atoms with E-state index < -0.39 is 0 Å². The Morgan fingerprint density at radius 3 is 3.05 bits per heavy atom. The lowest BCUT2D eigenvalue weighted by molar-refractivity contribution is 0.0527. The van der Waals surface area contributed by atoms with Gasteiger partial charge in [0.05, 0.1) is 24.5 Å². The molecule has 0 aliphatic heterocycles. The van der Waals surface area contributed by atoms with E-state index in [4.69, 9.17) is 4.74 Å². The van der Waals surface area contributed by atoms with Crippen LogP contribution in [-0.2, 0) is 11.3 Å². The third-order valence-corrected chi connectivity index (χ3v) is 3.31. The summed E-state index contributed by atoms with van der Waals surface area (Å²) < 4.78 is 9.20. The van der Waals surface area contributed by atoms with Crippen molar-refractivity contribution in [3.8, 4) is 0 Å². The van der Waals surface area contributed by atoms with Crippen molar-refractivity contribution < 1.29 is 9.53 Å². The lowest BCUT2D eigenvalue weighted by atomic mass is 10.2. The molecule has 7 heteroatoms. The largest absolute Gasteiger partial charge is 0.462 e. The Kier molecular flexibility index (Phi) is 4.40. The zero-order chi connectivity index (χ0) is 13.7. The Bertz CT molecular complexity index is 556. The third-order valence-electron chi connectivity index (χ3n) is 2.42. The van der Waals surface area contributed by atoms with Gasteiger partial charge in [0.1, 0.15) is 16.9 Å². The quantitative estimate of drug-likeness (QED) is 0.843. The summed E-state index contributed by atoms with van der Waals surface area (Å²) in [7, 11) is 0. The summed E-state index contributed by atoms with van der Waals surface area (Å²) >= 11 is 1.24. The standard InChI is InChI=1S/C12H14N4O2S/c1-3-18-12(17)10-8(2)16-19-11(10)14-6-9-4-5-13-7-15-9/h4-5,7,14H,3,6H2,1-2H3. The van der Waals surface area contributed by atoms with Gasteiger partial charge >= 0.3 is 5.97 Å². The average Bonchev–Trinajstić information content (AvgIpc) is 2.79. The molecule has 1 N–H and O–H groups in total. The number of anilines is 1. The van der Waals surface area contributed by atoms with Crippen LogP contribution >= 0.6 is 11.5 Å². The van der Waals surface area contributed by atoms with E-state index in [1.807, 2.05) is 6.07 Å². The molecule has 0 aliphatic rings. The molecule has 2 aromatic rings. The fourth-order valence-electron chi connectivity index (χ4n) is 1.53. The van der Waals surface area contributed by atoms with Crippen LogP contribution < -0.4 is 5.32 Å². The van der Waals surface area contributed by atoms with Crippen molar-refractivity contribution >= 4 is 22.5 Å². The van der Waals surface area contributed by atoms with E-state index in [-0.39, 0.29) is 5.97 Å². The van der Waals surface area contributed by atoms with Gasteiger partial charge in [-0.3, -0.25) is 0 Å². The molecular weight excluding hydrogens is 264 g/mol. The second-order valence-electron chi connectivity index (χ2n) is 3.75. The molecule has 19 heavy (non-hydrogen) atoms. The van der Waals surface area contributed by atoms with Crippen molar-refractivity contribution in [2.75, 3.05) is 11.9 Å². The first kappa shape index (κ1) is 13.4. The lowest BCUT2D eigenvalue weighted by Gasteiger charge is -2.06. The smallest absolute Gasteiger partial charge is 0.343 e. The van der Waals surface area contributed by atoms with Crippen LogP contribution in [0.15, 0.2) is 18.6 Å². The van der Waals surface area contributed by atoms with Crippen molar-refractivity contribution in [2.24, 2.45) is 0 Å². The van der Waals surface area contributed by atoms with Gasteiger partial charge in [-0.05, 0) is 31.4 Å². The van der Waals surface area contributed by atoms with E-state index >= 15 is 0 Å². The minimum Gasteiger partial charge on any atom is -0.462 e. The SMILES string of the molecule is CCOC(=O)c1c(C)nsc1NCc1ccncn1. The molecule has 0 fully saturated rings. The van der Waals surface area contributed by atoms with Crippen LogP contribution in [0, 0.1) is 6.92 Å². The normalized spacial score (nSPS) is 10.2. The van der Waals surface area contributed by atoms with Gasteiger partial charge in [-0.1, -0.05) is 0 Å². The molecule has 0 atom stereocenters. The molecule has 0 spiro atoms. The summed E-state index contributed by atoms with van der Waals surface area (Å²) in [6.45, 7) is 4.43. The summed E-state index contributed by atoms with van der Waals surface area (Å²) in [5, 5.41) is 3.86. The molecule has 100 valence electrons. The minimum atomic E-state index is -0.348. The molecule has 0 saturated carbocycles. The highest BCUT2D eigenvalue weighted by molar-refractivity contribution is 7.10. The first-order valence-corrected chi connectivity index (χ1v) is 6.62. The van der Waals surface area contributed by atoms with E-state index in [2.05, 4.69) is 19.7 Å². The van der Waals surface area contributed by atoms with Gasteiger partial charge in [-0.15, -0.1) is 0 Å². The molecule has 0 aliphatic carbocycles. The average molecular weight is 278 g/mol. The second-order valence-corrected chi connectivity index (χ2v) is 4.52. The highest BCUT2D eigenvalue weighted by Gasteiger charge is 2.19. The molecule has 2 aromatic heterocycles. The third kappa shape index (κ3) is 3.25. The van der Waals surface area contributed by atoms with Crippen LogP contribution in [0.3, 0.4) is 0 Å². The topological polar surface area (TPSA) is 77.0 Å². The highest BCUT2D eigenvalue weighted by Crippen LogP contribution is 2.25. The first-order chi connectivity index (χ1) is 9.22. The van der Waals surface area contributed by atoms with Gasteiger partial charge in [-0.25, -0.2) is 14.8 Å². The molecule has 6 nitrogen and oxygen atoms in total. The van der Waals surface area contributed by atoms with Gasteiger partial charge in [0.2, 0.25) is 0 Å². The van der Waals surface area contributed by atoms with Gasteiger partial charge in [0, 0.05) is 6.20 Å². The van der Waals surface area contributed by atoms with Crippen molar-refractivity contribution in [1.82, 2.24) is 14.3 Å². The number of rotatable bonds is 5. The molecule has 2 heterocycles. The maximum absolute atomic E-state index is 11.8. The first-order valence-electron chi connectivity index (χ1n) is 5.84. The number of nitrogens with one attached hydrogen (secondary N) is 1. The van der Waals surface area contributed by atoms with E-state index in [0.717, 1.165) is 5.69 Å². The van der Waals surface area contributed by atoms with Crippen molar-refractivity contribution in [3.63, 3.8) is 0 Å². The summed E-state index contributed by atoms with van der Waals surface area (Å²) in [5.74, 6) is -0.348. The molecule has 0 bridgehead atoms. The summed E-state index contributed by atoms with van der Waals surface area (Å²) in [4.78, 5) is 19.8. The predicted molar refractivity (Wildman–Crippen MR) is 72.2 cm³/mol. The molecule has 0 unspecified atom stereocenters. The van der Waals surface area contributed by atoms with Crippen molar-refractivity contribution in [1.29, 1.82) is 0 Å². The molecular formula is C12H14N4O2S. The molecule has 0 radical (unpaired) electrons. The van der Waals surface area contributed by atoms with Gasteiger partial charge < -0.3 is 10.1 Å². The number of aromatic nitrogens is 3. The maximum Gasteiger partial charge on any atom is 0.343 e. The van der Waals surface area contributed by atoms with Crippen LogP contribution in [0.25, 0.3) is 0 Å².